The molecule has 2 aromatic rings. The maximum atomic E-state index is 10.8. The van der Waals surface area contributed by atoms with Gasteiger partial charge in [-0.05, 0) is 55.2 Å². The zero-order valence-electron chi connectivity index (χ0n) is 13.8. The van der Waals surface area contributed by atoms with Gasteiger partial charge in [0.1, 0.15) is 18.0 Å². The van der Waals surface area contributed by atoms with Crippen LogP contribution in [0.15, 0.2) is 42.7 Å². The summed E-state index contributed by atoms with van der Waals surface area (Å²) in [6.07, 6.45) is 4.45. The Labute approximate surface area is 137 Å². The normalized spacial score (nSPS) is 21.5. The fourth-order valence-corrected chi connectivity index (χ4v) is 3.04. The second-order valence-electron chi connectivity index (χ2n) is 6.59. The van der Waals surface area contributed by atoms with Crippen LogP contribution in [0.25, 0.3) is 0 Å². The van der Waals surface area contributed by atoms with Crippen molar-refractivity contribution in [1.82, 2.24) is 9.88 Å². The highest BCUT2D eigenvalue weighted by Crippen LogP contribution is 2.25. The smallest absolute Gasteiger partial charge is 0.119 e. The Morgan fingerprint density at radius 1 is 1.30 bits per heavy atom. The van der Waals surface area contributed by atoms with Gasteiger partial charge >= 0.3 is 0 Å². The standard InChI is InChI=1S/C19H24N2O2/c1-15-4-3-5-18(10-15)23-14-19(22)7-9-21(13-19)12-17-6-8-20-11-16(17)2/h3-6,8,10-11,22H,7,9,12-14H2,1-2H3/t19-/m1/s1. The summed E-state index contributed by atoms with van der Waals surface area (Å²) in [5.41, 5.74) is 2.85. The van der Waals surface area contributed by atoms with Crippen molar-refractivity contribution in [3.8, 4) is 5.75 Å². The average molecular weight is 312 g/mol. The third kappa shape index (κ3) is 4.09. The lowest BCUT2D eigenvalue weighted by molar-refractivity contribution is 0.00335. The Morgan fingerprint density at radius 3 is 2.96 bits per heavy atom. The molecule has 0 radical (unpaired) electrons. The Bertz CT molecular complexity index is 674. The van der Waals surface area contributed by atoms with Crippen molar-refractivity contribution in [2.45, 2.75) is 32.4 Å². The van der Waals surface area contributed by atoms with E-state index < -0.39 is 5.60 Å². The molecule has 1 N–H and O–H groups in total. The maximum Gasteiger partial charge on any atom is 0.119 e. The van der Waals surface area contributed by atoms with E-state index in [-0.39, 0.29) is 0 Å². The molecule has 0 aliphatic carbocycles. The Morgan fingerprint density at radius 2 is 2.17 bits per heavy atom. The molecule has 1 aromatic carbocycles. The molecule has 0 amide bonds. The summed E-state index contributed by atoms with van der Waals surface area (Å²) in [5, 5.41) is 10.8. The summed E-state index contributed by atoms with van der Waals surface area (Å²) < 4.78 is 5.81. The Hall–Kier alpha value is -1.91. The van der Waals surface area contributed by atoms with E-state index in [2.05, 4.69) is 22.9 Å². The van der Waals surface area contributed by atoms with Gasteiger partial charge in [-0.3, -0.25) is 9.88 Å². The lowest BCUT2D eigenvalue weighted by Gasteiger charge is -2.24. The molecular formula is C19H24N2O2. The number of pyridine rings is 1. The number of aliphatic hydroxyl groups is 1. The van der Waals surface area contributed by atoms with Crippen LogP contribution < -0.4 is 4.74 Å². The van der Waals surface area contributed by atoms with Gasteiger partial charge in [-0.1, -0.05) is 12.1 Å². The van der Waals surface area contributed by atoms with Crippen LogP contribution in [0.5, 0.6) is 5.75 Å². The molecule has 1 aliphatic rings. The van der Waals surface area contributed by atoms with Crippen LogP contribution >= 0.6 is 0 Å². The minimum absolute atomic E-state index is 0.336. The molecule has 0 unspecified atom stereocenters. The minimum Gasteiger partial charge on any atom is -0.491 e. The number of benzene rings is 1. The van der Waals surface area contributed by atoms with Crippen LogP contribution in [0.2, 0.25) is 0 Å². The number of β-amino-alcohol motifs (C(OH)–C–C–N with tert-alkyl or cyclic N) is 1. The quantitative estimate of drug-likeness (QED) is 0.922. The predicted molar refractivity (Wildman–Crippen MR) is 90.5 cm³/mol. The molecular weight excluding hydrogens is 288 g/mol. The van der Waals surface area contributed by atoms with E-state index in [1.165, 1.54) is 11.1 Å². The van der Waals surface area contributed by atoms with Crippen LogP contribution in [0.4, 0.5) is 0 Å². The summed E-state index contributed by atoms with van der Waals surface area (Å²) in [5.74, 6) is 0.821. The first kappa shape index (κ1) is 16.0. The van der Waals surface area contributed by atoms with Gasteiger partial charge in [0.15, 0.2) is 0 Å². The van der Waals surface area contributed by atoms with Crippen LogP contribution in [-0.4, -0.2) is 40.3 Å². The predicted octanol–water partition coefficient (Wildman–Crippen LogP) is 2.71. The van der Waals surface area contributed by atoms with E-state index in [4.69, 9.17) is 4.74 Å². The fourth-order valence-electron chi connectivity index (χ4n) is 3.04. The number of ether oxygens (including phenoxy) is 1. The first-order chi connectivity index (χ1) is 11.0. The first-order valence-corrected chi connectivity index (χ1v) is 8.08. The summed E-state index contributed by atoms with van der Waals surface area (Å²) in [6, 6.07) is 9.99. The zero-order valence-corrected chi connectivity index (χ0v) is 13.8. The van der Waals surface area contributed by atoms with Gasteiger partial charge in [0, 0.05) is 32.0 Å². The lowest BCUT2D eigenvalue weighted by Crippen LogP contribution is -2.39. The SMILES string of the molecule is Cc1cccc(OC[C@@]2(O)CCN(Cc3ccncc3C)C2)c1. The highest BCUT2D eigenvalue weighted by molar-refractivity contribution is 5.27. The van der Waals surface area contributed by atoms with E-state index in [0.29, 0.717) is 13.2 Å². The van der Waals surface area contributed by atoms with Gasteiger partial charge in [0.2, 0.25) is 0 Å². The van der Waals surface area contributed by atoms with Crippen molar-refractivity contribution in [2.24, 2.45) is 0 Å². The number of hydrogen-bond acceptors (Lipinski definition) is 4. The van der Waals surface area contributed by atoms with Gasteiger partial charge in [-0.25, -0.2) is 0 Å². The third-order valence-electron chi connectivity index (χ3n) is 4.44. The van der Waals surface area contributed by atoms with Gasteiger partial charge in [0.25, 0.3) is 0 Å². The summed E-state index contributed by atoms with van der Waals surface area (Å²) >= 11 is 0. The topological polar surface area (TPSA) is 45.6 Å². The molecule has 3 rings (SSSR count). The van der Waals surface area contributed by atoms with Crippen molar-refractivity contribution >= 4 is 0 Å². The van der Waals surface area contributed by atoms with Gasteiger partial charge in [-0.15, -0.1) is 0 Å². The molecule has 23 heavy (non-hydrogen) atoms. The molecule has 1 saturated heterocycles. The van der Waals surface area contributed by atoms with E-state index >= 15 is 0 Å². The lowest BCUT2D eigenvalue weighted by atomic mass is 10.1. The molecule has 1 aliphatic heterocycles. The number of hydrogen-bond donors (Lipinski definition) is 1. The van der Waals surface area contributed by atoms with Crippen molar-refractivity contribution in [2.75, 3.05) is 19.7 Å². The molecule has 0 spiro atoms. The Kier molecular flexibility index (Phi) is 4.64. The largest absolute Gasteiger partial charge is 0.491 e. The molecule has 0 saturated carbocycles. The average Bonchev–Trinajstić information content (AvgIpc) is 2.90. The highest BCUT2D eigenvalue weighted by atomic mass is 16.5. The molecule has 0 bridgehead atoms. The van der Waals surface area contributed by atoms with Crippen LogP contribution in [0.1, 0.15) is 23.1 Å². The van der Waals surface area contributed by atoms with E-state index in [9.17, 15) is 5.11 Å². The van der Waals surface area contributed by atoms with E-state index in [0.717, 1.165) is 30.8 Å². The van der Waals surface area contributed by atoms with Crippen molar-refractivity contribution < 1.29 is 9.84 Å². The second-order valence-corrected chi connectivity index (χ2v) is 6.59. The van der Waals surface area contributed by atoms with Crippen LogP contribution in [-0.2, 0) is 6.54 Å². The summed E-state index contributed by atoms with van der Waals surface area (Å²) in [4.78, 5) is 6.41. The van der Waals surface area contributed by atoms with E-state index in [1.807, 2.05) is 43.6 Å². The van der Waals surface area contributed by atoms with Gasteiger partial charge < -0.3 is 9.84 Å². The van der Waals surface area contributed by atoms with Gasteiger partial charge in [0.05, 0.1) is 0 Å². The number of likely N-dealkylation sites (tertiary alicyclic amines) is 1. The number of aryl methyl sites for hydroxylation is 2. The van der Waals surface area contributed by atoms with Crippen LogP contribution in [0, 0.1) is 13.8 Å². The monoisotopic (exact) mass is 312 g/mol. The summed E-state index contributed by atoms with van der Waals surface area (Å²) in [6.45, 7) is 6.82. The van der Waals surface area contributed by atoms with Crippen molar-refractivity contribution in [1.29, 1.82) is 0 Å². The Balaban J connectivity index is 1.56. The van der Waals surface area contributed by atoms with Gasteiger partial charge in [-0.2, -0.15) is 0 Å². The van der Waals surface area contributed by atoms with Crippen molar-refractivity contribution in [3.05, 3.63) is 59.4 Å². The number of rotatable bonds is 5. The van der Waals surface area contributed by atoms with Crippen LogP contribution in [0.3, 0.4) is 0 Å². The number of aromatic nitrogens is 1. The minimum atomic E-state index is -0.773. The highest BCUT2D eigenvalue weighted by Gasteiger charge is 2.36. The van der Waals surface area contributed by atoms with E-state index in [1.54, 1.807) is 0 Å². The molecule has 1 fully saturated rings. The molecule has 122 valence electrons. The molecule has 1 atom stereocenters. The molecule has 4 nitrogen and oxygen atoms in total. The molecule has 4 heteroatoms. The first-order valence-electron chi connectivity index (χ1n) is 8.08. The summed E-state index contributed by atoms with van der Waals surface area (Å²) in [7, 11) is 0. The van der Waals surface area contributed by atoms with Crippen molar-refractivity contribution in [3.63, 3.8) is 0 Å². The number of nitrogens with zero attached hydrogens (tertiary/aromatic N) is 2. The zero-order chi connectivity index (χ0) is 16.3. The third-order valence-corrected chi connectivity index (χ3v) is 4.44. The second kappa shape index (κ2) is 6.69. The molecule has 2 heterocycles. The maximum absolute atomic E-state index is 10.8. The molecule has 1 aromatic heterocycles. The fraction of sp³-hybridized carbons (Fsp3) is 0.421.